The van der Waals surface area contributed by atoms with Crippen LogP contribution in [-0.2, 0) is 18.7 Å². The molecule has 8 nitrogen and oxygen atoms in total. The molecule has 0 bridgehead atoms. The van der Waals surface area contributed by atoms with Crippen LogP contribution < -0.4 is 0 Å². The molecule has 0 atom stereocenters. The topological polar surface area (TPSA) is 107 Å². The van der Waals surface area contributed by atoms with E-state index in [4.69, 9.17) is 14.3 Å². The third-order valence-corrected chi connectivity index (χ3v) is 3.44. The van der Waals surface area contributed by atoms with E-state index >= 15 is 0 Å². The molecular weight excluding hydrogens is 311 g/mol. The molecule has 0 rings (SSSR count). The van der Waals surface area contributed by atoms with Crippen molar-refractivity contribution in [3.05, 3.63) is 25.3 Å². The summed E-state index contributed by atoms with van der Waals surface area (Å²) in [7, 11) is -4.76. The number of hydrogen-bond donors (Lipinski definition) is 2. The van der Waals surface area contributed by atoms with E-state index in [2.05, 4.69) is 13.2 Å². The minimum atomic E-state index is -4.76. The van der Waals surface area contributed by atoms with Gasteiger partial charge < -0.3 is 19.6 Å². The lowest BCUT2D eigenvalue weighted by atomic mass is 10.2. The highest BCUT2D eigenvalue weighted by Gasteiger charge is 2.27. The minimum Gasteiger partial charge on any atom is -0.337 e. The van der Waals surface area contributed by atoms with Crippen molar-refractivity contribution in [1.82, 2.24) is 9.80 Å². The van der Waals surface area contributed by atoms with Gasteiger partial charge in [-0.2, -0.15) is 0 Å². The average molecular weight is 334 g/mol. The lowest BCUT2D eigenvalue weighted by molar-refractivity contribution is -0.129. The van der Waals surface area contributed by atoms with E-state index in [-0.39, 0.29) is 24.9 Å². The maximum absolute atomic E-state index is 11.7. The van der Waals surface area contributed by atoms with E-state index in [0.717, 1.165) is 12.2 Å². The van der Waals surface area contributed by atoms with Gasteiger partial charge in [-0.25, -0.2) is 4.57 Å². The van der Waals surface area contributed by atoms with Crippen molar-refractivity contribution in [3.8, 4) is 0 Å². The van der Waals surface area contributed by atoms with Crippen LogP contribution in [0.15, 0.2) is 25.3 Å². The Balaban J connectivity index is 5.14. The molecule has 0 spiro atoms. The fraction of sp³-hybridized carbons (Fsp3) is 0.538. The second-order valence-electron chi connectivity index (χ2n) is 4.38. The number of phosphoric acid groups is 1. The summed E-state index contributed by atoms with van der Waals surface area (Å²) in [4.78, 5) is 43.9. The molecule has 0 aromatic carbocycles. The van der Waals surface area contributed by atoms with Gasteiger partial charge in [-0.05, 0) is 26.0 Å². The van der Waals surface area contributed by atoms with Crippen LogP contribution in [0.5, 0.6) is 0 Å². The Morgan fingerprint density at radius 3 is 1.68 bits per heavy atom. The van der Waals surface area contributed by atoms with Gasteiger partial charge in [0.2, 0.25) is 11.8 Å². The molecule has 0 fully saturated rings. The molecule has 0 aromatic rings. The lowest BCUT2D eigenvalue weighted by Crippen LogP contribution is -2.44. The molecule has 0 aliphatic carbocycles. The first-order valence-electron chi connectivity index (χ1n) is 6.75. The summed E-state index contributed by atoms with van der Waals surface area (Å²) in [6.45, 7) is 10.6. The third-order valence-electron chi connectivity index (χ3n) is 2.87. The molecule has 126 valence electrons. The molecule has 2 N–H and O–H groups in total. The molecule has 0 radical (unpaired) electrons. The van der Waals surface area contributed by atoms with Crippen LogP contribution in [-0.4, -0.2) is 63.7 Å². The Labute approximate surface area is 130 Å². The highest BCUT2D eigenvalue weighted by Crippen LogP contribution is 2.37. The molecule has 0 saturated heterocycles. The van der Waals surface area contributed by atoms with Crippen molar-refractivity contribution >= 4 is 19.6 Å². The second-order valence-corrected chi connectivity index (χ2v) is 5.57. The number of amides is 2. The van der Waals surface area contributed by atoms with Crippen molar-refractivity contribution in [2.75, 3.05) is 26.2 Å². The molecule has 0 saturated carbocycles. The second kappa shape index (κ2) is 9.53. The SMILES string of the molecule is C=CC(=O)N(CC)CC(CN(CC)C(=O)C=C)OP(=O)(O)O. The first-order chi connectivity index (χ1) is 10.2. The van der Waals surface area contributed by atoms with Crippen LogP contribution >= 0.6 is 7.82 Å². The van der Waals surface area contributed by atoms with E-state index < -0.39 is 13.9 Å². The van der Waals surface area contributed by atoms with Gasteiger partial charge in [0.05, 0.1) is 0 Å². The molecule has 0 aromatic heterocycles. The number of hydrogen-bond acceptors (Lipinski definition) is 4. The number of phosphoric ester groups is 1. The van der Waals surface area contributed by atoms with Crippen molar-refractivity contribution in [2.45, 2.75) is 20.0 Å². The summed E-state index contributed by atoms with van der Waals surface area (Å²) in [6.07, 6.45) is 1.17. The third kappa shape index (κ3) is 7.51. The zero-order valence-corrected chi connectivity index (χ0v) is 13.7. The maximum atomic E-state index is 11.7. The zero-order valence-electron chi connectivity index (χ0n) is 12.8. The van der Waals surface area contributed by atoms with Gasteiger partial charge in [0.15, 0.2) is 0 Å². The van der Waals surface area contributed by atoms with Crippen LogP contribution in [0.3, 0.4) is 0 Å². The number of nitrogens with zero attached hydrogens (tertiary/aromatic N) is 2. The molecule has 0 unspecified atom stereocenters. The standard InChI is InChI=1S/C13H23N2O6P/c1-5-12(16)14(7-3)9-11(21-22(18,19)20)10-15(8-4)13(17)6-2/h5-6,11H,1-2,7-10H2,3-4H3,(H2,18,19,20). The highest BCUT2D eigenvalue weighted by molar-refractivity contribution is 7.46. The van der Waals surface area contributed by atoms with Gasteiger partial charge in [-0.3, -0.25) is 14.1 Å². The Morgan fingerprint density at radius 1 is 1.09 bits per heavy atom. The molecule has 0 aliphatic heterocycles. The van der Waals surface area contributed by atoms with Gasteiger partial charge in [-0.1, -0.05) is 13.2 Å². The van der Waals surface area contributed by atoms with Crippen molar-refractivity contribution in [1.29, 1.82) is 0 Å². The summed E-state index contributed by atoms with van der Waals surface area (Å²) in [6, 6.07) is 0. The quantitative estimate of drug-likeness (QED) is 0.446. The van der Waals surface area contributed by atoms with Gasteiger partial charge in [0.1, 0.15) is 6.10 Å². The predicted octanol–water partition coefficient (Wildman–Crippen LogP) is 0.533. The first kappa shape index (κ1) is 20.5. The highest BCUT2D eigenvalue weighted by atomic mass is 31.2. The summed E-state index contributed by atoms with van der Waals surface area (Å²) in [5.41, 5.74) is 0. The van der Waals surface area contributed by atoms with Crippen LogP contribution in [0.4, 0.5) is 0 Å². The lowest BCUT2D eigenvalue weighted by Gasteiger charge is -2.30. The summed E-state index contributed by atoms with van der Waals surface area (Å²) >= 11 is 0. The van der Waals surface area contributed by atoms with Gasteiger partial charge in [0, 0.05) is 26.2 Å². The molecule has 2 amide bonds. The van der Waals surface area contributed by atoms with Crippen molar-refractivity contribution < 1.29 is 28.5 Å². The van der Waals surface area contributed by atoms with E-state index in [0.29, 0.717) is 13.1 Å². The van der Waals surface area contributed by atoms with Crippen LogP contribution in [0.25, 0.3) is 0 Å². The fourth-order valence-electron chi connectivity index (χ4n) is 1.82. The average Bonchev–Trinajstić information content (AvgIpc) is 2.46. The molecule has 0 aliphatic rings. The fourth-order valence-corrected chi connectivity index (χ4v) is 2.34. The van der Waals surface area contributed by atoms with Gasteiger partial charge >= 0.3 is 7.82 Å². The Morgan fingerprint density at radius 2 is 1.45 bits per heavy atom. The maximum Gasteiger partial charge on any atom is 0.469 e. The van der Waals surface area contributed by atoms with E-state index in [1.165, 1.54) is 9.80 Å². The predicted molar refractivity (Wildman–Crippen MR) is 81.8 cm³/mol. The number of likely N-dealkylation sites (N-methyl/N-ethyl adjacent to an activating group) is 2. The van der Waals surface area contributed by atoms with E-state index in [9.17, 15) is 14.2 Å². The number of carbonyl (C=O) groups is 2. The largest absolute Gasteiger partial charge is 0.469 e. The number of carbonyl (C=O) groups excluding carboxylic acids is 2. The minimum absolute atomic E-state index is 0.0760. The summed E-state index contributed by atoms with van der Waals surface area (Å²) in [5, 5.41) is 0. The monoisotopic (exact) mass is 334 g/mol. The number of rotatable bonds is 10. The normalized spacial score (nSPS) is 11.1. The Kier molecular flexibility index (Phi) is 8.89. The Hall–Kier alpha value is -1.47. The van der Waals surface area contributed by atoms with Gasteiger partial charge in [-0.15, -0.1) is 0 Å². The molecule has 0 heterocycles. The van der Waals surface area contributed by atoms with Crippen LogP contribution in [0.2, 0.25) is 0 Å². The zero-order chi connectivity index (χ0) is 17.3. The van der Waals surface area contributed by atoms with Gasteiger partial charge in [0.25, 0.3) is 0 Å². The van der Waals surface area contributed by atoms with Crippen molar-refractivity contribution in [2.24, 2.45) is 0 Å². The molecular formula is C13H23N2O6P. The summed E-state index contributed by atoms with van der Waals surface area (Å²) < 4.78 is 15.8. The van der Waals surface area contributed by atoms with E-state index in [1.54, 1.807) is 13.8 Å². The first-order valence-corrected chi connectivity index (χ1v) is 8.28. The summed E-state index contributed by atoms with van der Waals surface area (Å²) in [5.74, 6) is -0.778. The molecule has 9 heteroatoms. The van der Waals surface area contributed by atoms with E-state index in [1.807, 2.05) is 0 Å². The van der Waals surface area contributed by atoms with Crippen LogP contribution in [0.1, 0.15) is 13.8 Å². The smallest absolute Gasteiger partial charge is 0.337 e. The van der Waals surface area contributed by atoms with Crippen molar-refractivity contribution in [3.63, 3.8) is 0 Å². The van der Waals surface area contributed by atoms with Crippen LogP contribution in [0, 0.1) is 0 Å². The Bertz CT molecular complexity index is 431. The molecule has 22 heavy (non-hydrogen) atoms.